The molecule has 25 heavy (non-hydrogen) atoms. The highest BCUT2D eigenvalue weighted by Crippen LogP contribution is 2.16. The van der Waals surface area contributed by atoms with E-state index in [-0.39, 0.29) is 12.2 Å². The molecule has 0 aliphatic heterocycles. The van der Waals surface area contributed by atoms with Crippen LogP contribution in [0.25, 0.3) is 0 Å². The first-order valence-corrected chi connectivity index (χ1v) is 7.41. The van der Waals surface area contributed by atoms with Gasteiger partial charge in [0.15, 0.2) is 13.2 Å². The van der Waals surface area contributed by atoms with Gasteiger partial charge in [0.2, 0.25) is 0 Å². The van der Waals surface area contributed by atoms with Gasteiger partial charge in [0.05, 0.1) is 12.7 Å². The molecule has 7 nitrogen and oxygen atoms in total. The summed E-state index contributed by atoms with van der Waals surface area (Å²) in [6, 6.07) is 15.2. The van der Waals surface area contributed by atoms with E-state index in [1.54, 1.807) is 42.5 Å². The number of methoxy groups -OCH3 is 1. The Morgan fingerprint density at radius 2 is 1.60 bits per heavy atom. The van der Waals surface area contributed by atoms with Crippen LogP contribution in [0.1, 0.15) is 10.4 Å². The maximum absolute atomic E-state index is 12.0. The Labute approximate surface area is 144 Å². The number of para-hydroxylation sites is 2. The normalized spacial score (nSPS) is 9.80. The summed E-state index contributed by atoms with van der Waals surface area (Å²) in [5, 5.41) is 2.12. The molecule has 0 spiro atoms. The second-order valence-corrected chi connectivity index (χ2v) is 4.84. The molecule has 0 aliphatic rings. The van der Waals surface area contributed by atoms with Gasteiger partial charge < -0.3 is 14.2 Å². The van der Waals surface area contributed by atoms with Crippen LogP contribution in [-0.4, -0.2) is 38.1 Å². The fourth-order valence-electron chi connectivity index (χ4n) is 1.91. The van der Waals surface area contributed by atoms with Gasteiger partial charge >= 0.3 is 5.97 Å². The molecular formula is C18H17NO6. The van der Waals surface area contributed by atoms with Crippen molar-refractivity contribution in [3.05, 3.63) is 60.2 Å². The van der Waals surface area contributed by atoms with Crippen molar-refractivity contribution in [1.29, 1.82) is 0 Å². The zero-order valence-electron chi connectivity index (χ0n) is 13.6. The van der Waals surface area contributed by atoms with Crippen molar-refractivity contribution in [3.8, 4) is 11.5 Å². The summed E-state index contributed by atoms with van der Waals surface area (Å²) in [6.45, 7) is -0.921. The third-order valence-electron chi connectivity index (χ3n) is 3.07. The molecule has 130 valence electrons. The van der Waals surface area contributed by atoms with E-state index < -0.39 is 24.4 Å². The van der Waals surface area contributed by atoms with Crippen LogP contribution in [0, 0.1) is 0 Å². The number of carbonyl (C=O) groups excluding carboxylic acids is 3. The quantitative estimate of drug-likeness (QED) is 0.768. The number of benzene rings is 2. The number of esters is 1. The average Bonchev–Trinajstić information content (AvgIpc) is 2.65. The van der Waals surface area contributed by atoms with Gasteiger partial charge in [-0.2, -0.15) is 0 Å². The van der Waals surface area contributed by atoms with Crippen LogP contribution in [0.2, 0.25) is 0 Å². The predicted octanol–water partition coefficient (Wildman–Crippen LogP) is 1.57. The number of hydrogen-bond donors (Lipinski definition) is 1. The lowest BCUT2D eigenvalue weighted by Crippen LogP contribution is -2.34. The second-order valence-electron chi connectivity index (χ2n) is 4.84. The zero-order chi connectivity index (χ0) is 18.1. The van der Waals surface area contributed by atoms with Gasteiger partial charge in [-0.3, -0.25) is 14.9 Å². The summed E-state index contributed by atoms with van der Waals surface area (Å²) in [4.78, 5) is 35.3. The summed E-state index contributed by atoms with van der Waals surface area (Å²) >= 11 is 0. The van der Waals surface area contributed by atoms with E-state index in [1.807, 2.05) is 6.07 Å². The van der Waals surface area contributed by atoms with Crippen molar-refractivity contribution < 1.29 is 28.6 Å². The van der Waals surface area contributed by atoms with Crippen molar-refractivity contribution in [1.82, 2.24) is 5.32 Å². The summed E-state index contributed by atoms with van der Waals surface area (Å²) in [7, 11) is 1.42. The van der Waals surface area contributed by atoms with Crippen molar-refractivity contribution in [3.63, 3.8) is 0 Å². The van der Waals surface area contributed by atoms with Crippen molar-refractivity contribution in [2.24, 2.45) is 0 Å². The van der Waals surface area contributed by atoms with Gasteiger partial charge in [0.1, 0.15) is 11.5 Å². The van der Waals surface area contributed by atoms with Gasteiger partial charge in [-0.1, -0.05) is 30.3 Å². The third-order valence-corrected chi connectivity index (χ3v) is 3.07. The fraction of sp³-hybridized carbons (Fsp3) is 0.167. The molecule has 2 aromatic carbocycles. The molecule has 0 unspecified atom stereocenters. The lowest BCUT2D eigenvalue weighted by molar-refractivity contribution is -0.150. The molecule has 0 aliphatic carbocycles. The fourth-order valence-corrected chi connectivity index (χ4v) is 1.91. The third kappa shape index (κ3) is 5.65. The van der Waals surface area contributed by atoms with Crippen LogP contribution in [0.5, 0.6) is 11.5 Å². The molecule has 0 atom stereocenters. The maximum Gasteiger partial charge on any atom is 0.344 e. The van der Waals surface area contributed by atoms with Gasteiger partial charge in [0.25, 0.3) is 11.8 Å². The number of amides is 2. The second kappa shape index (κ2) is 9.07. The van der Waals surface area contributed by atoms with Gasteiger partial charge in [-0.25, -0.2) is 4.79 Å². The van der Waals surface area contributed by atoms with Crippen LogP contribution in [-0.2, 0) is 14.3 Å². The molecule has 0 radical (unpaired) electrons. The summed E-state index contributed by atoms with van der Waals surface area (Å²) < 4.78 is 15.0. The monoisotopic (exact) mass is 343 g/mol. The molecule has 0 bridgehead atoms. The number of imide groups is 1. The number of rotatable bonds is 7. The number of ether oxygens (including phenoxy) is 3. The standard InChI is InChI=1S/C18H17NO6/c1-23-15-10-6-5-9-14(15)18(22)19-16(20)11-25-17(21)12-24-13-7-3-2-4-8-13/h2-10H,11-12H2,1H3,(H,19,20,22). The van der Waals surface area contributed by atoms with Gasteiger partial charge in [0, 0.05) is 0 Å². The largest absolute Gasteiger partial charge is 0.496 e. The lowest BCUT2D eigenvalue weighted by Gasteiger charge is -2.09. The molecule has 0 aromatic heterocycles. The minimum absolute atomic E-state index is 0.206. The highest BCUT2D eigenvalue weighted by Gasteiger charge is 2.16. The van der Waals surface area contributed by atoms with Crippen LogP contribution in [0.4, 0.5) is 0 Å². The SMILES string of the molecule is COc1ccccc1C(=O)NC(=O)COC(=O)COc1ccccc1. The number of nitrogens with one attached hydrogen (secondary N) is 1. The molecular weight excluding hydrogens is 326 g/mol. The molecule has 0 fully saturated rings. The van der Waals surface area contributed by atoms with E-state index in [4.69, 9.17) is 14.2 Å². The minimum Gasteiger partial charge on any atom is -0.496 e. The highest BCUT2D eigenvalue weighted by atomic mass is 16.6. The van der Waals surface area contributed by atoms with Crippen LogP contribution in [0.15, 0.2) is 54.6 Å². The van der Waals surface area contributed by atoms with Crippen molar-refractivity contribution in [2.45, 2.75) is 0 Å². The molecule has 7 heteroatoms. The minimum atomic E-state index is -0.746. The summed E-state index contributed by atoms with van der Waals surface area (Å²) in [6.07, 6.45) is 0. The Balaban J connectivity index is 1.76. The molecule has 2 aromatic rings. The van der Waals surface area contributed by atoms with E-state index in [1.165, 1.54) is 13.2 Å². The molecule has 0 saturated heterocycles. The Hall–Kier alpha value is -3.35. The molecule has 2 rings (SSSR count). The van der Waals surface area contributed by atoms with Gasteiger partial charge in [-0.15, -0.1) is 0 Å². The topological polar surface area (TPSA) is 90.9 Å². The van der Waals surface area contributed by atoms with Crippen LogP contribution in [0.3, 0.4) is 0 Å². The number of carbonyl (C=O) groups is 3. The van der Waals surface area contributed by atoms with Crippen molar-refractivity contribution in [2.75, 3.05) is 20.3 Å². The predicted molar refractivity (Wildman–Crippen MR) is 88.4 cm³/mol. The number of hydrogen-bond acceptors (Lipinski definition) is 6. The Morgan fingerprint density at radius 3 is 2.32 bits per heavy atom. The first-order valence-electron chi connectivity index (χ1n) is 7.41. The van der Waals surface area contributed by atoms with Crippen LogP contribution < -0.4 is 14.8 Å². The molecule has 0 saturated carbocycles. The lowest BCUT2D eigenvalue weighted by atomic mass is 10.2. The zero-order valence-corrected chi connectivity index (χ0v) is 13.6. The van der Waals surface area contributed by atoms with Crippen molar-refractivity contribution >= 4 is 17.8 Å². The van der Waals surface area contributed by atoms with E-state index >= 15 is 0 Å². The molecule has 2 amide bonds. The first-order chi connectivity index (χ1) is 12.1. The van der Waals surface area contributed by atoms with Gasteiger partial charge in [-0.05, 0) is 24.3 Å². The Morgan fingerprint density at radius 1 is 0.920 bits per heavy atom. The Kier molecular flexibility index (Phi) is 6.53. The summed E-state index contributed by atoms with van der Waals surface area (Å²) in [5.41, 5.74) is 0.206. The average molecular weight is 343 g/mol. The molecule has 1 N–H and O–H groups in total. The first kappa shape index (κ1) is 18.0. The summed E-state index contributed by atoms with van der Waals surface area (Å²) in [5.74, 6) is -1.26. The maximum atomic E-state index is 12.0. The smallest absolute Gasteiger partial charge is 0.344 e. The van der Waals surface area contributed by atoms with E-state index in [9.17, 15) is 14.4 Å². The van der Waals surface area contributed by atoms with Crippen LogP contribution >= 0.6 is 0 Å². The van der Waals surface area contributed by atoms with E-state index in [2.05, 4.69) is 5.32 Å². The Bertz CT molecular complexity index is 744. The molecule has 0 heterocycles. The highest BCUT2D eigenvalue weighted by molar-refractivity contribution is 6.06. The van der Waals surface area contributed by atoms with E-state index in [0.717, 1.165) is 0 Å². The van der Waals surface area contributed by atoms with E-state index in [0.29, 0.717) is 11.5 Å².